The van der Waals surface area contributed by atoms with E-state index in [1.165, 1.54) is 18.7 Å². The van der Waals surface area contributed by atoms with E-state index >= 15 is 0 Å². The zero-order valence-electron chi connectivity index (χ0n) is 11.5. The Labute approximate surface area is 125 Å². The molecule has 2 rings (SSSR count). The Hall–Kier alpha value is -0.850. The lowest BCUT2D eigenvalue weighted by atomic mass is 9.83. The van der Waals surface area contributed by atoms with Crippen molar-refractivity contribution >= 4 is 27.4 Å². The van der Waals surface area contributed by atoms with E-state index in [-0.39, 0.29) is 21.8 Å². The van der Waals surface area contributed by atoms with Gasteiger partial charge in [0.15, 0.2) is 0 Å². The molecule has 0 amide bonds. The molecule has 1 aromatic heterocycles. The van der Waals surface area contributed by atoms with Gasteiger partial charge >= 0.3 is 0 Å². The maximum atomic E-state index is 12.4. The lowest BCUT2D eigenvalue weighted by Crippen LogP contribution is -2.41. The highest BCUT2D eigenvalue weighted by Gasteiger charge is 2.28. The van der Waals surface area contributed by atoms with Crippen molar-refractivity contribution in [3.05, 3.63) is 17.3 Å². The standard InChI is InChI=1S/C13H20ClN3O2S/c1-2-9-5-3-4-6-12(9)17-20(18,19)10-7-11(14)13(15)16-8-10/h7-9,12,17H,2-6H2,1H3,(H2,15,16). The van der Waals surface area contributed by atoms with Crippen LogP contribution in [0.15, 0.2) is 17.2 Å². The van der Waals surface area contributed by atoms with E-state index in [1.54, 1.807) is 0 Å². The summed E-state index contributed by atoms with van der Waals surface area (Å²) in [5, 5.41) is 0.156. The Kier molecular flexibility index (Phi) is 4.88. The number of anilines is 1. The van der Waals surface area contributed by atoms with Crippen LogP contribution in [-0.2, 0) is 10.0 Å². The monoisotopic (exact) mass is 317 g/mol. The SMILES string of the molecule is CCC1CCCCC1NS(=O)(=O)c1cnc(N)c(Cl)c1. The summed E-state index contributed by atoms with van der Waals surface area (Å²) in [6, 6.07) is 1.34. The topological polar surface area (TPSA) is 85.1 Å². The van der Waals surface area contributed by atoms with Crippen molar-refractivity contribution in [1.29, 1.82) is 0 Å². The minimum absolute atomic E-state index is 0.00456. The van der Waals surface area contributed by atoms with E-state index in [0.717, 1.165) is 25.7 Å². The highest BCUT2D eigenvalue weighted by molar-refractivity contribution is 7.89. The Morgan fingerprint density at radius 3 is 2.80 bits per heavy atom. The first-order valence-corrected chi connectivity index (χ1v) is 8.73. The molecule has 0 saturated heterocycles. The third kappa shape index (κ3) is 3.42. The summed E-state index contributed by atoms with van der Waals surface area (Å²) in [7, 11) is -3.59. The van der Waals surface area contributed by atoms with Crippen LogP contribution < -0.4 is 10.5 Å². The van der Waals surface area contributed by atoms with E-state index in [0.29, 0.717) is 5.92 Å². The molecule has 1 saturated carbocycles. The molecule has 7 heteroatoms. The summed E-state index contributed by atoms with van der Waals surface area (Å²) in [5.74, 6) is 0.533. The predicted molar refractivity (Wildman–Crippen MR) is 80.0 cm³/mol. The number of pyridine rings is 1. The van der Waals surface area contributed by atoms with Crippen molar-refractivity contribution in [3.63, 3.8) is 0 Å². The number of nitrogen functional groups attached to an aromatic ring is 1. The minimum Gasteiger partial charge on any atom is -0.382 e. The van der Waals surface area contributed by atoms with E-state index in [2.05, 4.69) is 16.6 Å². The van der Waals surface area contributed by atoms with Gasteiger partial charge in [0.1, 0.15) is 10.7 Å². The van der Waals surface area contributed by atoms with Gasteiger partial charge in [-0.15, -0.1) is 0 Å². The summed E-state index contributed by atoms with van der Waals surface area (Å²) >= 11 is 5.84. The fourth-order valence-electron chi connectivity index (χ4n) is 2.70. The van der Waals surface area contributed by atoms with Crippen molar-refractivity contribution in [1.82, 2.24) is 9.71 Å². The Morgan fingerprint density at radius 1 is 1.45 bits per heavy atom. The van der Waals surface area contributed by atoms with Gasteiger partial charge in [-0.2, -0.15) is 0 Å². The van der Waals surface area contributed by atoms with E-state index in [4.69, 9.17) is 17.3 Å². The highest BCUT2D eigenvalue weighted by atomic mass is 35.5. The van der Waals surface area contributed by atoms with Crippen molar-refractivity contribution in [2.24, 2.45) is 5.92 Å². The van der Waals surface area contributed by atoms with Crippen LogP contribution in [0.3, 0.4) is 0 Å². The van der Waals surface area contributed by atoms with Gasteiger partial charge in [0, 0.05) is 12.2 Å². The van der Waals surface area contributed by atoms with Crippen molar-refractivity contribution in [2.45, 2.75) is 50.0 Å². The molecule has 1 aliphatic carbocycles. The van der Waals surface area contributed by atoms with Gasteiger partial charge in [-0.1, -0.05) is 37.8 Å². The van der Waals surface area contributed by atoms with Crippen LogP contribution in [0.1, 0.15) is 39.0 Å². The molecule has 3 N–H and O–H groups in total. The summed E-state index contributed by atoms with van der Waals surface area (Å²) in [6.45, 7) is 2.10. The van der Waals surface area contributed by atoms with Gasteiger partial charge in [-0.3, -0.25) is 0 Å². The number of hydrogen-bond donors (Lipinski definition) is 2. The molecule has 112 valence electrons. The molecule has 0 radical (unpaired) electrons. The normalized spacial score (nSPS) is 23.7. The maximum Gasteiger partial charge on any atom is 0.242 e. The molecule has 0 bridgehead atoms. The van der Waals surface area contributed by atoms with Crippen LogP contribution in [-0.4, -0.2) is 19.4 Å². The summed E-state index contributed by atoms with van der Waals surface area (Å²) in [6.07, 6.45) is 6.41. The second kappa shape index (κ2) is 6.28. The van der Waals surface area contributed by atoms with Crippen molar-refractivity contribution in [3.8, 4) is 0 Å². The van der Waals surface area contributed by atoms with Gasteiger partial charge in [-0.25, -0.2) is 18.1 Å². The van der Waals surface area contributed by atoms with E-state index in [9.17, 15) is 8.42 Å². The largest absolute Gasteiger partial charge is 0.382 e. The zero-order chi connectivity index (χ0) is 14.8. The zero-order valence-corrected chi connectivity index (χ0v) is 13.0. The smallest absolute Gasteiger partial charge is 0.242 e. The first-order chi connectivity index (χ1) is 9.44. The highest BCUT2D eigenvalue weighted by Crippen LogP contribution is 2.28. The average Bonchev–Trinajstić information content (AvgIpc) is 2.42. The molecule has 1 fully saturated rings. The quantitative estimate of drug-likeness (QED) is 0.893. The van der Waals surface area contributed by atoms with E-state index < -0.39 is 10.0 Å². The molecule has 0 spiro atoms. The number of nitrogens with two attached hydrogens (primary N) is 1. The summed E-state index contributed by atoms with van der Waals surface area (Å²) in [5.41, 5.74) is 5.50. The Bertz CT molecular complexity index is 577. The lowest BCUT2D eigenvalue weighted by Gasteiger charge is -2.31. The summed E-state index contributed by atoms with van der Waals surface area (Å²) in [4.78, 5) is 3.87. The maximum absolute atomic E-state index is 12.4. The third-order valence-electron chi connectivity index (χ3n) is 3.89. The molecule has 20 heavy (non-hydrogen) atoms. The number of hydrogen-bond acceptors (Lipinski definition) is 4. The Morgan fingerprint density at radius 2 is 2.15 bits per heavy atom. The second-order valence-corrected chi connectivity index (χ2v) is 7.34. The van der Waals surface area contributed by atoms with Crippen molar-refractivity contribution in [2.75, 3.05) is 5.73 Å². The molecule has 2 unspecified atom stereocenters. The third-order valence-corrected chi connectivity index (χ3v) is 5.65. The fraction of sp³-hybridized carbons (Fsp3) is 0.615. The average molecular weight is 318 g/mol. The number of rotatable bonds is 4. The van der Waals surface area contributed by atoms with Crippen LogP contribution in [0, 0.1) is 5.92 Å². The van der Waals surface area contributed by atoms with Gasteiger partial charge in [0.05, 0.1) is 5.02 Å². The molecular formula is C13H20ClN3O2S. The first kappa shape index (κ1) is 15.5. The molecule has 2 atom stereocenters. The minimum atomic E-state index is -3.59. The number of nitrogens with zero attached hydrogens (tertiary/aromatic N) is 1. The van der Waals surface area contributed by atoms with Gasteiger partial charge in [0.25, 0.3) is 0 Å². The van der Waals surface area contributed by atoms with Gasteiger partial charge < -0.3 is 5.73 Å². The Balaban J connectivity index is 2.19. The first-order valence-electron chi connectivity index (χ1n) is 6.87. The predicted octanol–water partition coefficient (Wildman–Crippen LogP) is 2.56. The summed E-state index contributed by atoms with van der Waals surface area (Å²) < 4.78 is 27.5. The number of sulfonamides is 1. The number of halogens is 1. The van der Waals surface area contributed by atoms with E-state index in [1.807, 2.05) is 0 Å². The van der Waals surface area contributed by atoms with Crippen LogP contribution in [0.4, 0.5) is 5.82 Å². The second-order valence-electron chi connectivity index (χ2n) is 5.22. The van der Waals surface area contributed by atoms with Gasteiger partial charge in [0.2, 0.25) is 10.0 Å². The fourth-order valence-corrected chi connectivity index (χ4v) is 4.24. The number of aromatic nitrogens is 1. The van der Waals surface area contributed by atoms with Crippen molar-refractivity contribution < 1.29 is 8.42 Å². The number of nitrogens with one attached hydrogen (secondary N) is 1. The molecule has 5 nitrogen and oxygen atoms in total. The molecule has 1 aliphatic rings. The van der Waals surface area contributed by atoms with Crippen LogP contribution >= 0.6 is 11.6 Å². The van der Waals surface area contributed by atoms with Gasteiger partial charge in [-0.05, 0) is 24.8 Å². The molecule has 0 aromatic carbocycles. The molecule has 0 aliphatic heterocycles. The molecular weight excluding hydrogens is 298 g/mol. The lowest BCUT2D eigenvalue weighted by molar-refractivity contribution is 0.282. The van der Waals surface area contributed by atoms with Crippen LogP contribution in [0.25, 0.3) is 0 Å². The van der Waals surface area contributed by atoms with Crippen LogP contribution in [0.5, 0.6) is 0 Å². The van der Waals surface area contributed by atoms with Crippen LogP contribution in [0.2, 0.25) is 5.02 Å². The molecule has 1 aromatic rings. The molecule has 1 heterocycles.